The molecule has 172 valence electrons. The summed E-state index contributed by atoms with van der Waals surface area (Å²) in [5, 5.41) is 14.2. The quantitative estimate of drug-likeness (QED) is 0.593. The van der Waals surface area contributed by atoms with Crippen LogP contribution in [0, 0.1) is 18.8 Å². The van der Waals surface area contributed by atoms with E-state index in [-0.39, 0.29) is 23.0 Å². The number of phenolic OH excluding ortho intramolecular Hbond substituents is 1. The summed E-state index contributed by atoms with van der Waals surface area (Å²) in [6, 6.07) is 12.7. The molecule has 3 aromatic rings. The molecule has 1 atom stereocenters. The molecule has 1 saturated heterocycles. The second-order valence-corrected chi connectivity index (χ2v) is 9.43. The van der Waals surface area contributed by atoms with Gasteiger partial charge in [0.05, 0.1) is 22.4 Å². The normalized spacial score (nSPS) is 19.0. The minimum absolute atomic E-state index is 0.0481. The van der Waals surface area contributed by atoms with Crippen molar-refractivity contribution in [3.05, 3.63) is 64.0 Å². The Morgan fingerprint density at radius 3 is 2.70 bits per heavy atom. The fourth-order valence-electron chi connectivity index (χ4n) is 4.85. The third-order valence-electron chi connectivity index (χ3n) is 6.90. The summed E-state index contributed by atoms with van der Waals surface area (Å²) in [7, 11) is 0. The molecular weight excluding hydrogens is 416 g/mol. The number of likely N-dealkylation sites (tertiary alicyclic amines) is 1. The van der Waals surface area contributed by atoms with Crippen LogP contribution in [0.15, 0.2) is 51.7 Å². The average Bonchev–Trinajstić information content (AvgIpc) is 3.65. The van der Waals surface area contributed by atoms with Gasteiger partial charge in [0.2, 0.25) is 11.3 Å². The summed E-state index contributed by atoms with van der Waals surface area (Å²) in [6.45, 7) is 4.49. The molecule has 1 aromatic heterocycles. The van der Waals surface area contributed by atoms with E-state index in [9.17, 15) is 14.7 Å². The Morgan fingerprint density at radius 2 is 1.94 bits per heavy atom. The highest BCUT2D eigenvalue weighted by Gasteiger charge is 2.29. The van der Waals surface area contributed by atoms with Crippen molar-refractivity contribution in [2.24, 2.45) is 11.8 Å². The molecule has 6 heteroatoms. The molecule has 33 heavy (non-hydrogen) atoms. The minimum Gasteiger partial charge on any atom is -0.507 e. The predicted molar refractivity (Wildman–Crippen MR) is 128 cm³/mol. The number of carbonyl (C=O) groups excluding carboxylic acids is 1. The number of carbonyl (C=O) groups is 1. The molecule has 0 radical (unpaired) electrons. The zero-order chi connectivity index (χ0) is 22.9. The summed E-state index contributed by atoms with van der Waals surface area (Å²) in [4.78, 5) is 28.2. The van der Waals surface area contributed by atoms with Gasteiger partial charge in [0, 0.05) is 19.6 Å². The van der Waals surface area contributed by atoms with Crippen LogP contribution in [0.2, 0.25) is 0 Å². The van der Waals surface area contributed by atoms with Crippen molar-refractivity contribution in [3.8, 4) is 16.9 Å². The largest absolute Gasteiger partial charge is 0.507 e. The first-order valence-electron chi connectivity index (χ1n) is 11.8. The van der Waals surface area contributed by atoms with Crippen LogP contribution in [0.5, 0.6) is 5.75 Å². The molecule has 1 unspecified atom stereocenters. The van der Waals surface area contributed by atoms with E-state index in [2.05, 4.69) is 10.2 Å². The zero-order valence-corrected chi connectivity index (χ0v) is 19.0. The molecule has 2 aromatic carbocycles. The van der Waals surface area contributed by atoms with E-state index in [1.807, 2.05) is 30.3 Å². The molecule has 2 N–H and O–H groups in total. The van der Waals surface area contributed by atoms with E-state index >= 15 is 0 Å². The molecule has 5 rings (SSSR count). The number of aryl methyl sites for hydroxylation is 1. The molecule has 0 bridgehead atoms. The van der Waals surface area contributed by atoms with Gasteiger partial charge in [-0.3, -0.25) is 14.5 Å². The third kappa shape index (κ3) is 4.53. The molecule has 1 amide bonds. The lowest BCUT2D eigenvalue weighted by molar-refractivity contribution is -0.126. The highest BCUT2D eigenvalue weighted by molar-refractivity contribution is 5.86. The second kappa shape index (κ2) is 9.02. The van der Waals surface area contributed by atoms with E-state index in [0.29, 0.717) is 46.9 Å². The SMILES string of the molecule is Cc1oc2c(CN3CCCC(C(=O)NCC4CC4)C3)c(O)ccc2c(=O)c1-c1ccccc1. The number of aromatic hydroxyl groups is 1. The fraction of sp³-hybridized carbons (Fsp3) is 0.407. The molecule has 2 aliphatic rings. The first-order chi connectivity index (χ1) is 16.0. The zero-order valence-electron chi connectivity index (χ0n) is 19.0. The maximum absolute atomic E-state index is 13.4. The Morgan fingerprint density at radius 1 is 1.15 bits per heavy atom. The van der Waals surface area contributed by atoms with Crippen LogP contribution >= 0.6 is 0 Å². The standard InChI is InChI=1S/C27H30N2O4/c1-17-24(19-6-3-2-4-7-19)25(31)21-11-12-23(30)22(26(21)33-17)16-29-13-5-8-20(15-29)27(32)28-14-18-9-10-18/h2-4,6-7,11-12,18,20,30H,5,8-10,13-16H2,1H3,(H,28,32). The average molecular weight is 447 g/mol. The van der Waals surface area contributed by atoms with Crippen LogP contribution in [0.1, 0.15) is 37.0 Å². The van der Waals surface area contributed by atoms with Crippen molar-refractivity contribution in [3.63, 3.8) is 0 Å². The van der Waals surface area contributed by atoms with Crippen LogP contribution in [-0.2, 0) is 11.3 Å². The lowest BCUT2D eigenvalue weighted by Crippen LogP contribution is -2.43. The lowest BCUT2D eigenvalue weighted by atomic mass is 9.96. The smallest absolute Gasteiger partial charge is 0.224 e. The first-order valence-corrected chi connectivity index (χ1v) is 11.8. The van der Waals surface area contributed by atoms with Gasteiger partial charge in [-0.15, -0.1) is 0 Å². The van der Waals surface area contributed by atoms with Gasteiger partial charge in [0.25, 0.3) is 0 Å². The molecule has 0 spiro atoms. The number of amides is 1. The van der Waals surface area contributed by atoms with Crippen LogP contribution in [-0.4, -0.2) is 35.5 Å². The van der Waals surface area contributed by atoms with Crippen molar-refractivity contribution in [2.75, 3.05) is 19.6 Å². The van der Waals surface area contributed by atoms with Gasteiger partial charge in [-0.1, -0.05) is 30.3 Å². The van der Waals surface area contributed by atoms with Crippen molar-refractivity contribution in [1.82, 2.24) is 10.2 Å². The summed E-state index contributed by atoms with van der Waals surface area (Å²) in [5.41, 5.74) is 2.29. The summed E-state index contributed by atoms with van der Waals surface area (Å²) >= 11 is 0. The fourth-order valence-corrected chi connectivity index (χ4v) is 4.85. The number of rotatable bonds is 6. The summed E-state index contributed by atoms with van der Waals surface area (Å²) in [6.07, 6.45) is 4.24. The number of hydrogen-bond donors (Lipinski definition) is 2. The monoisotopic (exact) mass is 446 g/mol. The van der Waals surface area contributed by atoms with Crippen molar-refractivity contribution in [1.29, 1.82) is 0 Å². The lowest BCUT2D eigenvalue weighted by Gasteiger charge is -2.32. The predicted octanol–water partition coefficient (Wildman–Crippen LogP) is 4.21. The molecule has 1 aliphatic heterocycles. The number of benzene rings is 2. The number of hydrogen-bond acceptors (Lipinski definition) is 5. The van der Waals surface area contributed by atoms with E-state index in [1.165, 1.54) is 12.8 Å². The number of nitrogens with one attached hydrogen (secondary N) is 1. The molecule has 6 nitrogen and oxygen atoms in total. The van der Waals surface area contributed by atoms with Gasteiger partial charge in [-0.05, 0) is 62.8 Å². The Bertz CT molecular complexity index is 1230. The number of piperidine rings is 1. The summed E-state index contributed by atoms with van der Waals surface area (Å²) < 4.78 is 6.16. The molecule has 1 saturated carbocycles. The van der Waals surface area contributed by atoms with E-state index < -0.39 is 0 Å². The highest BCUT2D eigenvalue weighted by atomic mass is 16.3. The van der Waals surface area contributed by atoms with Crippen molar-refractivity contribution >= 4 is 16.9 Å². The Balaban J connectivity index is 1.42. The van der Waals surface area contributed by atoms with E-state index in [1.54, 1.807) is 19.1 Å². The topological polar surface area (TPSA) is 82.8 Å². The maximum atomic E-state index is 13.4. The Labute approximate surface area is 193 Å². The van der Waals surface area contributed by atoms with Gasteiger partial charge in [0.1, 0.15) is 17.1 Å². The number of fused-ring (bicyclic) bond motifs is 1. The molecule has 2 fully saturated rings. The van der Waals surface area contributed by atoms with Gasteiger partial charge in [-0.25, -0.2) is 0 Å². The van der Waals surface area contributed by atoms with E-state index in [0.717, 1.165) is 31.5 Å². The Kier molecular flexibility index (Phi) is 5.94. The third-order valence-corrected chi connectivity index (χ3v) is 6.90. The highest BCUT2D eigenvalue weighted by Crippen LogP contribution is 2.32. The maximum Gasteiger partial charge on any atom is 0.224 e. The second-order valence-electron chi connectivity index (χ2n) is 9.43. The number of phenols is 1. The van der Waals surface area contributed by atoms with Gasteiger partial charge < -0.3 is 14.8 Å². The van der Waals surface area contributed by atoms with Crippen molar-refractivity contribution < 1.29 is 14.3 Å². The van der Waals surface area contributed by atoms with Crippen LogP contribution < -0.4 is 10.7 Å². The Hall–Kier alpha value is -3.12. The summed E-state index contributed by atoms with van der Waals surface area (Å²) in [5.74, 6) is 1.38. The minimum atomic E-state index is -0.0998. The molecular formula is C27H30N2O4. The van der Waals surface area contributed by atoms with Crippen LogP contribution in [0.4, 0.5) is 0 Å². The molecule has 2 heterocycles. The van der Waals surface area contributed by atoms with Gasteiger partial charge in [-0.2, -0.15) is 0 Å². The van der Waals surface area contributed by atoms with Gasteiger partial charge >= 0.3 is 0 Å². The van der Waals surface area contributed by atoms with Crippen molar-refractivity contribution in [2.45, 2.75) is 39.2 Å². The molecule has 1 aliphatic carbocycles. The van der Waals surface area contributed by atoms with Crippen LogP contribution in [0.25, 0.3) is 22.1 Å². The van der Waals surface area contributed by atoms with E-state index in [4.69, 9.17) is 4.42 Å². The van der Waals surface area contributed by atoms with Gasteiger partial charge in [0.15, 0.2) is 0 Å². The first kappa shape index (κ1) is 21.7. The number of nitrogens with zero attached hydrogens (tertiary/aromatic N) is 1. The van der Waals surface area contributed by atoms with Crippen LogP contribution in [0.3, 0.4) is 0 Å².